The first kappa shape index (κ1) is 15.7. The van der Waals surface area contributed by atoms with Gasteiger partial charge < -0.3 is 14.9 Å². The van der Waals surface area contributed by atoms with E-state index in [2.05, 4.69) is 35.6 Å². The van der Waals surface area contributed by atoms with E-state index in [4.69, 9.17) is 5.11 Å². The molecule has 0 aliphatic rings. The molecule has 5 nitrogen and oxygen atoms in total. The number of aromatic nitrogens is 2. The number of nitrogens with zero attached hydrogens (tertiary/aromatic N) is 4. The molecule has 1 N–H and O–H groups in total. The van der Waals surface area contributed by atoms with Gasteiger partial charge in [-0.15, -0.1) is 0 Å². The molecule has 5 heteroatoms. The summed E-state index contributed by atoms with van der Waals surface area (Å²) in [5, 5.41) is 8.86. The first-order valence-corrected chi connectivity index (χ1v) is 6.68. The predicted molar refractivity (Wildman–Crippen MR) is 79.7 cm³/mol. The van der Waals surface area contributed by atoms with E-state index in [1.165, 1.54) is 0 Å². The summed E-state index contributed by atoms with van der Waals surface area (Å²) >= 11 is 0. The molecule has 0 amide bonds. The van der Waals surface area contributed by atoms with Crippen molar-refractivity contribution in [3.8, 4) is 0 Å². The average Bonchev–Trinajstić information content (AvgIpc) is 2.34. The summed E-state index contributed by atoms with van der Waals surface area (Å²) in [5.41, 5.74) is 0.225. The largest absolute Gasteiger partial charge is 0.396 e. The van der Waals surface area contributed by atoms with Gasteiger partial charge in [-0.1, -0.05) is 20.8 Å². The third kappa shape index (κ3) is 5.42. The summed E-state index contributed by atoms with van der Waals surface area (Å²) in [6.45, 7) is 8.54. The lowest BCUT2D eigenvalue weighted by Gasteiger charge is -2.28. The lowest BCUT2D eigenvalue weighted by atomic mass is 9.96. The highest BCUT2D eigenvalue weighted by atomic mass is 16.3. The molecule has 0 saturated heterocycles. The molecule has 0 aromatic carbocycles. The molecule has 0 radical (unpaired) electrons. The number of rotatable bonds is 6. The van der Waals surface area contributed by atoms with Crippen LogP contribution in [0.5, 0.6) is 0 Å². The second-order valence-corrected chi connectivity index (χ2v) is 6.15. The maximum Gasteiger partial charge on any atom is 0.133 e. The topological polar surface area (TPSA) is 52.5 Å². The van der Waals surface area contributed by atoms with Gasteiger partial charge in [0.1, 0.15) is 18.0 Å². The Morgan fingerprint density at radius 2 is 1.68 bits per heavy atom. The van der Waals surface area contributed by atoms with E-state index < -0.39 is 0 Å². The van der Waals surface area contributed by atoms with Gasteiger partial charge in [0.2, 0.25) is 0 Å². The summed E-state index contributed by atoms with van der Waals surface area (Å²) in [5.74, 6) is 1.81. The average molecular weight is 266 g/mol. The highest BCUT2D eigenvalue weighted by Gasteiger charge is 2.15. The van der Waals surface area contributed by atoms with Gasteiger partial charge in [0.05, 0.1) is 0 Å². The van der Waals surface area contributed by atoms with Crippen LogP contribution in [0.2, 0.25) is 0 Å². The zero-order valence-corrected chi connectivity index (χ0v) is 12.7. The van der Waals surface area contributed by atoms with Crippen LogP contribution in [0.15, 0.2) is 12.4 Å². The molecule has 0 fully saturated rings. The van der Waals surface area contributed by atoms with Crippen LogP contribution in [-0.2, 0) is 0 Å². The van der Waals surface area contributed by atoms with E-state index in [0.29, 0.717) is 0 Å². The summed E-state index contributed by atoms with van der Waals surface area (Å²) < 4.78 is 0. The Balaban J connectivity index is 2.76. The van der Waals surface area contributed by atoms with Crippen LogP contribution in [-0.4, -0.2) is 48.9 Å². The molecule has 0 saturated carbocycles. The molecule has 0 unspecified atom stereocenters. The van der Waals surface area contributed by atoms with Crippen molar-refractivity contribution in [2.45, 2.75) is 27.2 Å². The van der Waals surface area contributed by atoms with Crippen LogP contribution in [0.3, 0.4) is 0 Å². The maximum absolute atomic E-state index is 8.86. The van der Waals surface area contributed by atoms with E-state index in [1.807, 2.05) is 25.1 Å². The van der Waals surface area contributed by atoms with Crippen molar-refractivity contribution >= 4 is 11.6 Å². The fourth-order valence-electron chi connectivity index (χ4n) is 1.97. The molecule has 1 aromatic rings. The van der Waals surface area contributed by atoms with Gasteiger partial charge in [0, 0.05) is 39.9 Å². The first-order chi connectivity index (χ1) is 8.83. The fraction of sp³-hybridized carbons (Fsp3) is 0.714. The van der Waals surface area contributed by atoms with Crippen LogP contribution in [0.1, 0.15) is 27.2 Å². The van der Waals surface area contributed by atoms with Crippen molar-refractivity contribution in [1.29, 1.82) is 0 Å². The highest BCUT2D eigenvalue weighted by Crippen LogP contribution is 2.20. The SMILES string of the molecule is CN(CCCO)c1cc(N(C)CC(C)(C)C)ncn1. The van der Waals surface area contributed by atoms with Gasteiger partial charge in [0.15, 0.2) is 0 Å². The van der Waals surface area contributed by atoms with E-state index in [-0.39, 0.29) is 12.0 Å². The Kier molecular flexibility index (Phi) is 5.54. The quantitative estimate of drug-likeness (QED) is 0.850. The van der Waals surface area contributed by atoms with Crippen LogP contribution >= 0.6 is 0 Å². The van der Waals surface area contributed by atoms with Crippen LogP contribution < -0.4 is 9.80 Å². The molecule has 0 aliphatic carbocycles. The summed E-state index contributed by atoms with van der Waals surface area (Å²) in [4.78, 5) is 12.8. The minimum absolute atomic E-state index is 0.201. The summed E-state index contributed by atoms with van der Waals surface area (Å²) in [6, 6.07) is 1.99. The number of aliphatic hydroxyl groups is 1. The van der Waals surface area contributed by atoms with E-state index in [1.54, 1.807) is 6.33 Å². The van der Waals surface area contributed by atoms with Gasteiger partial charge >= 0.3 is 0 Å². The number of aliphatic hydroxyl groups excluding tert-OH is 1. The Labute approximate surface area is 116 Å². The second-order valence-electron chi connectivity index (χ2n) is 6.15. The Hall–Kier alpha value is -1.36. The molecular weight excluding hydrogens is 240 g/mol. The third-order valence-corrected chi connectivity index (χ3v) is 2.78. The van der Waals surface area contributed by atoms with E-state index in [9.17, 15) is 0 Å². The lowest BCUT2D eigenvalue weighted by molar-refractivity contribution is 0.290. The van der Waals surface area contributed by atoms with Crippen LogP contribution in [0.4, 0.5) is 11.6 Å². The zero-order valence-electron chi connectivity index (χ0n) is 12.7. The Bertz CT molecular complexity index is 389. The Morgan fingerprint density at radius 3 is 2.21 bits per heavy atom. The molecular formula is C14H26N4O. The fourth-order valence-corrected chi connectivity index (χ4v) is 1.97. The summed E-state index contributed by atoms with van der Waals surface area (Å²) in [7, 11) is 4.02. The zero-order chi connectivity index (χ0) is 14.5. The van der Waals surface area contributed by atoms with Crippen molar-refractivity contribution in [1.82, 2.24) is 9.97 Å². The monoisotopic (exact) mass is 266 g/mol. The number of hydrogen-bond donors (Lipinski definition) is 1. The lowest BCUT2D eigenvalue weighted by Crippen LogP contribution is -2.30. The molecule has 0 atom stereocenters. The minimum Gasteiger partial charge on any atom is -0.396 e. The number of hydrogen-bond acceptors (Lipinski definition) is 5. The molecule has 108 valence electrons. The number of anilines is 2. The molecule has 1 heterocycles. The van der Waals surface area contributed by atoms with Crippen molar-refractivity contribution in [3.63, 3.8) is 0 Å². The maximum atomic E-state index is 8.86. The summed E-state index contributed by atoms with van der Waals surface area (Å²) in [6.07, 6.45) is 2.34. The smallest absolute Gasteiger partial charge is 0.133 e. The third-order valence-electron chi connectivity index (χ3n) is 2.78. The van der Waals surface area contributed by atoms with E-state index >= 15 is 0 Å². The van der Waals surface area contributed by atoms with Gasteiger partial charge in [-0.2, -0.15) is 0 Å². The molecule has 1 aromatic heterocycles. The van der Waals surface area contributed by atoms with E-state index in [0.717, 1.165) is 31.1 Å². The second kappa shape index (κ2) is 6.70. The van der Waals surface area contributed by atoms with Gasteiger partial charge in [0.25, 0.3) is 0 Å². The van der Waals surface area contributed by atoms with Crippen LogP contribution in [0, 0.1) is 5.41 Å². The molecule has 0 aliphatic heterocycles. The van der Waals surface area contributed by atoms with Crippen molar-refractivity contribution in [2.24, 2.45) is 5.41 Å². The van der Waals surface area contributed by atoms with Gasteiger partial charge in [-0.25, -0.2) is 9.97 Å². The highest BCUT2D eigenvalue weighted by molar-refractivity contribution is 5.49. The molecule has 1 rings (SSSR count). The van der Waals surface area contributed by atoms with Gasteiger partial charge in [-0.05, 0) is 11.8 Å². The predicted octanol–water partition coefficient (Wildman–Crippen LogP) is 1.78. The van der Waals surface area contributed by atoms with Crippen LogP contribution in [0.25, 0.3) is 0 Å². The van der Waals surface area contributed by atoms with Crippen molar-refractivity contribution in [2.75, 3.05) is 43.6 Å². The van der Waals surface area contributed by atoms with Crippen molar-refractivity contribution < 1.29 is 5.11 Å². The molecule has 19 heavy (non-hydrogen) atoms. The standard InChI is InChI=1S/C14H26N4O/c1-14(2,3)10-18(5)13-9-12(15-11-16-13)17(4)7-6-8-19/h9,11,19H,6-8,10H2,1-5H3. The Morgan fingerprint density at radius 1 is 1.11 bits per heavy atom. The van der Waals surface area contributed by atoms with Gasteiger partial charge in [-0.3, -0.25) is 0 Å². The van der Waals surface area contributed by atoms with Crippen molar-refractivity contribution in [3.05, 3.63) is 12.4 Å². The molecule has 0 spiro atoms. The normalized spacial score (nSPS) is 11.5. The minimum atomic E-state index is 0.201. The first-order valence-electron chi connectivity index (χ1n) is 6.68. The molecule has 0 bridgehead atoms.